The number of nitrogens with zero attached hydrogens (tertiary/aromatic N) is 3. The van der Waals surface area contributed by atoms with Crippen LogP contribution in [0.2, 0.25) is 0 Å². The SMILES string of the molecule is Cc1nn(C)cc1C(=O)N1CC(=O)Nc2ccccc21. The van der Waals surface area contributed by atoms with Gasteiger partial charge in [0, 0.05) is 13.2 Å². The Morgan fingerprint density at radius 2 is 2.10 bits per heavy atom. The molecule has 20 heavy (non-hydrogen) atoms. The second-order valence-corrected chi connectivity index (χ2v) is 4.76. The van der Waals surface area contributed by atoms with Crippen LogP contribution in [0.3, 0.4) is 0 Å². The molecule has 102 valence electrons. The molecule has 1 aromatic heterocycles. The minimum atomic E-state index is -0.210. The maximum absolute atomic E-state index is 12.6. The summed E-state index contributed by atoms with van der Waals surface area (Å²) in [5.74, 6) is -0.406. The third-order valence-electron chi connectivity index (χ3n) is 3.26. The standard InChI is InChI=1S/C14H14N4O2/c1-9-10(7-17(2)16-9)14(20)18-8-13(19)15-11-5-3-4-6-12(11)18/h3-7H,8H2,1-2H3,(H,15,19). The fourth-order valence-corrected chi connectivity index (χ4v) is 2.37. The second-order valence-electron chi connectivity index (χ2n) is 4.76. The topological polar surface area (TPSA) is 67.2 Å². The Hall–Kier alpha value is -2.63. The monoisotopic (exact) mass is 270 g/mol. The van der Waals surface area contributed by atoms with Crippen molar-refractivity contribution in [3.63, 3.8) is 0 Å². The van der Waals surface area contributed by atoms with Crippen molar-refractivity contribution in [1.29, 1.82) is 0 Å². The van der Waals surface area contributed by atoms with Gasteiger partial charge in [-0.1, -0.05) is 12.1 Å². The Morgan fingerprint density at radius 3 is 2.80 bits per heavy atom. The third kappa shape index (κ3) is 1.95. The van der Waals surface area contributed by atoms with Crippen molar-refractivity contribution >= 4 is 23.2 Å². The van der Waals surface area contributed by atoms with E-state index in [2.05, 4.69) is 10.4 Å². The average Bonchev–Trinajstić information content (AvgIpc) is 2.76. The van der Waals surface area contributed by atoms with E-state index >= 15 is 0 Å². The molecule has 0 saturated carbocycles. The maximum atomic E-state index is 12.6. The minimum Gasteiger partial charge on any atom is -0.323 e. The molecule has 0 spiro atoms. The van der Waals surface area contributed by atoms with Crippen molar-refractivity contribution in [3.05, 3.63) is 41.7 Å². The number of aromatic nitrogens is 2. The van der Waals surface area contributed by atoms with Gasteiger partial charge in [-0.05, 0) is 19.1 Å². The molecule has 6 heteroatoms. The fraction of sp³-hybridized carbons (Fsp3) is 0.214. The maximum Gasteiger partial charge on any atom is 0.262 e. The van der Waals surface area contributed by atoms with Crippen molar-refractivity contribution in [2.24, 2.45) is 7.05 Å². The Bertz CT molecular complexity index is 705. The summed E-state index contributed by atoms with van der Waals surface area (Å²) in [6.07, 6.45) is 1.67. The number of aryl methyl sites for hydroxylation is 2. The Kier molecular flexibility index (Phi) is 2.78. The number of nitrogens with one attached hydrogen (secondary N) is 1. The van der Waals surface area contributed by atoms with E-state index in [9.17, 15) is 9.59 Å². The van der Waals surface area contributed by atoms with Crippen LogP contribution in [-0.4, -0.2) is 28.1 Å². The zero-order chi connectivity index (χ0) is 14.3. The van der Waals surface area contributed by atoms with Crippen molar-refractivity contribution < 1.29 is 9.59 Å². The number of anilines is 2. The van der Waals surface area contributed by atoms with E-state index < -0.39 is 0 Å². The van der Waals surface area contributed by atoms with Crippen LogP contribution in [0.1, 0.15) is 16.1 Å². The molecule has 0 bridgehead atoms. The lowest BCUT2D eigenvalue weighted by Crippen LogP contribution is -2.42. The highest BCUT2D eigenvalue weighted by molar-refractivity contribution is 6.15. The second kappa shape index (κ2) is 4.48. The zero-order valence-electron chi connectivity index (χ0n) is 11.3. The van der Waals surface area contributed by atoms with Crippen LogP contribution in [0.25, 0.3) is 0 Å². The van der Waals surface area contributed by atoms with Gasteiger partial charge >= 0.3 is 0 Å². The summed E-state index contributed by atoms with van der Waals surface area (Å²) in [5, 5.41) is 6.93. The number of fused-ring (bicyclic) bond motifs is 1. The van der Waals surface area contributed by atoms with Gasteiger partial charge in [-0.3, -0.25) is 19.2 Å². The van der Waals surface area contributed by atoms with Crippen LogP contribution >= 0.6 is 0 Å². The van der Waals surface area contributed by atoms with Crippen molar-refractivity contribution in [1.82, 2.24) is 9.78 Å². The van der Waals surface area contributed by atoms with E-state index in [0.717, 1.165) is 0 Å². The van der Waals surface area contributed by atoms with Gasteiger partial charge in [0.2, 0.25) is 5.91 Å². The molecule has 2 amide bonds. The molecule has 2 aromatic rings. The largest absolute Gasteiger partial charge is 0.323 e. The molecule has 0 unspecified atom stereocenters. The van der Waals surface area contributed by atoms with Crippen LogP contribution in [0, 0.1) is 6.92 Å². The highest BCUT2D eigenvalue weighted by Crippen LogP contribution is 2.30. The summed E-state index contributed by atoms with van der Waals surface area (Å²) in [6, 6.07) is 7.26. The molecule has 3 rings (SSSR count). The van der Waals surface area contributed by atoms with Gasteiger partial charge in [0.15, 0.2) is 0 Å². The number of hydrogen-bond donors (Lipinski definition) is 1. The summed E-state index contributed by atoms with van der Waals surface area (Å²) in [6.45, 7) is 1.80. The number of rotatable bonds is 1. The summed E-state index contributed by atoms with van der Waals surface area (Å²) in [4.78, 5) is 25.9. The van der Waals surface area contributed by atoms with Gasteiger partial charge in [0.05, 0.1) is 22.6 Å². The van der Waals surface area contributed by atoms with E-state index in [1.54, 1.807) is 30.9 Å². The quantitative estimate of drug-likeness (QED) is 0.850. The molecule has 0 radical (unpaired) electrons. The molecule has 1 aliphatic heterocycles. The third-order valence-corrected chi connectivity index (χ3v) is 3.26. The average molecular weight is 270 g/mol. The first-order chi connectivity index (χ1) is 9.56. The van der Waals surface area contributed by atoms with E-state index in [4.69, 9.17) is 0 Å². The van der Waals surface area contributed by atoms with Crippen molar-refractivity contribution in [2.45, 2.75) is 6.92 Å². The van der Waals surface area contributed by atoms with Gasteiger partial charge in [0.1, 0.15) is 6.54 Å². The predicted octanol–water partition coefficient (Wildman–Crippen LogP) is 1.33. The normalized spacial score (nSPS) is 13.9. The van der Waals surface area contributed by atoms with E-state index in [-0.39, 0.29) is 18.4 Å². The molecule has 0 fully saturated rings. The van der Waals surface area contributed by atoms with E-state index in [1.165, 1.54) is 4.90 Å². The molecule has 6 nitrogen and oxygen atoms in total. The summed E-state index contributed by atoms with van der Waals surface area (Å²) in [7, 11) is 1.76. The highest BCUT2D eigenvalue weighted by atomic mass is 16.2. The zero-order valence-corrected chi connectivity index (χ0v) is 11.3. The lowest BCUT2D eigenvalue weighted by molar-refractivity contribution is -0.115. The number of carbonyl (C=O) groups excluding carboxylic acids is 2. The molecule has 1 aliphatic rings. The van der Waals surface area contributed by atoms with Gasteiger partial charge in [-0.15, -0.1) is 0 Å². The highest BCUT2D eigenvalue weighted by Gasteiger charge is 2.28. The van der Waals surface area contributed by atoms with Crippen molar-refractivity contribution in [3.8, 4) is 0 Å². The van der Waals surface area contributed by atoms with E-state index in [0.29, 0.717) is 22.6 Å². The number of amides is 2. The Labute approximate surface area is 116 Å². The van der Waals surface area contributed by atoms with Crippen LogP contribution in [0.4, 0.5) is 11.4 Å². The summed E-state index contributed by atoms with van der Waals surface area (Å²) in [5.41, 5.74) is 2.52. The van der Waals surface area contributed by atoms with Crippen LogP contribution < -0.4 is 10.2 Å². The van der Waals surface area contributed by atoms with Gasteiger partial charge in [0.25, 0.3) is 5.91 Å². The first-order valence-electron chi connectivity index (χ1n) is 6.27. The number of hydrogen-bond acceptors (Lipinski definition) is 3. The number of para-hydroxylation sites is 2. The molecular weight excluding hydrogens is 256 g/mol. The lowest BCUT2D eigenvalue weighted by Gasteiger charge is -2.28. The Balaban J connectivity index is 2.04. The van der Waals surface area contributed by atoms with Gasteiger partial charge < -0.3 is 5.32 Å². The molecular formula is C14H14N4O2. The summed E-state index contributed by atoms with van der Waals surface area (Å²) >= 11 is 0. The predicted molar refractivity (Wildman–Crippen MR) is 74.7 cm³/mol. The fourth-order valence-electron chi connectivity index (χ4n) is 2.37. The molecule has 0 atom stereocenters. The molecule has 0 aliphatic carbocycles. The van der Waals surface area contributed by atoms with Crippen molar-refractivity contribution in [2.75, 3.05) is 16.8 Å². The van der Waals surface area contributed by atoms with Crippen LogP contribution in [-0.2, 0) is 11.8 Å². The molecule has 1 N–H and O–H groups in total. The molecule has 2 heterocycles. The van der Waals surface area contributed by atoms with E-state index in [1.807, 2.05) is 18.2 Å². The van der Waals surface area contributed by atoms with Crippen LogP contribution in [0.5, 0.6) is 0 Å². The van der Waals surface area contributed by atoms with Crippen LogP contribution in [0.15, 0.2) is 30.5 Å². The van der Waals surface area contributed by atoms with Gasteiger partial charge in [-0.2, -0.15) is 5.10 Å². The minimum absolute atomic E-state index is 0.0180. The lowest BCUT2D eigenvalue weighted by atomic mass is 10.1. The summed E-state index contributed by atoms with van der Waals surface area (Å²) < 4.78 is 1.60. The number of carbonyl (C=O) groups is 2. The number of benzene rings is 1. The first kappa shape index (κ1) is 12.4. The molecule has 1 aromatic carbocycles. The molecule has 0 saturated heterocycles. The first-order valence-corrected chi connectivity index (χ1v) is 6.27. The van der Waals surface area contributed by atoms with Gasteiger partial charge in [-0.25, -0.2) is 0 Å². The smallest absolute Gasteiger partial charge is 0.262 e. The Morgan fingerprint density at radius 1 is 1.35 bits per heavy atom.